The van der Waals surface area contributed by atoms with Crippen molar-refractivity contribution in [3.05, 3.63) is 54.1 Å². The summed E-state index contributed by atoms with van der Waals surface area (Å²) in [6.07, 6.45) is 4.44. The highest BCUT2D eigenvalue weighted by Gasteiger charge is 2.23. The Labute approximate surface area is 187 Å². The van der Waals surface area contributed by atoms with E-state index < -0.39 is 25.4 Å². The predicted molar refractivity (Wildman–Crippen MR) is 115 cm³/mol. The average molecular weight is 460 g/mol. The third kappa shape index (κ3) is 6.21. The van der Waals surface area contributed by atoms with Gasteiger partial charge in [0, 0.05) is 24.7 Å². The van der Waals surface area contributed by atoms with Crippen LogP contribution >= 0.6 is 0 Å². The van der Waals surface area contributed by atoms with Crippen LogP contribution in [0.25, 0.3) is 0 Å². The van der Waals surface area contributed by atoms with Gasteiger partial charge >= 0.3 is 0 Å². The minimum atomic E-state index is -1.36. The van der Waals surface area contributed by atoms with Crippen LogP contribution in [0.15, 0.2) is 47.9 Å². The second-order valence-electron chi connectivity index (χ2n) is 6.93. The third-order valence-corrected chi connectivity index (χ3v) is 4.48. The molecule has 1 saturated heterocycles. The van der Waals surface area contributed by atoms with Gasteiger partial charge < -0.3 is 25.8 Å². The molecule has 12 heteroatoms. The van der Waals surface area contributed by atoms with Crippen molar-refractivity contribution in [3.8, 4) is 17.4 Å². The number of benzene rings is 1. The van der Waals surface area contributed by atoms with Crippen molar-refractivity contribution in [1.29, 1.82) is 0 Å². The van der Waals surface area contributed by atoms with Gasteiger partial charge in [-0.2, -0.15) is 4.99 Å². The number of carbonyl (C=O) groups is 2. The van der Waals surface area contributed by atoms with Gasteiger partial charge in [0.2, 0.25) is 5.88 Å². The van der Waals surface area contributed by atoms with Crippen LogP contribution in [0.5, 0.6) is 17.4 Å². The van der Waals surface area contributed by atoms with Crippen molar-refractivity contribution in [3.63, 3.8) is 0 Å². The molecule has 0 atom stereocenters. The molecule has 1 aliphatic heterocycles. The zero-order chi connectivity index (χ0) is 23.8. The first-order valence-corrected chi connectivity index (χ1v) is 9.93. The Kier molecular flexibility index (Phi) is 7.84. The Morgan fingerprint density at radius 1 is 1.15 bits per heavy atom. The Balaban J connectivity index is 1.85. The van der Waals surface area contributed by atoms with E-state index in [1.807, 2.05) is 0 Å². The van der Waals surface area contributed by atoms with Gasteiger partial charge in [0.1, 0.15) is 36.4 Å². The number of hydrogen-bond donors (Lipinski definition) is 2. The summed E-state index contributed by atoms with van der Waals surface area (Å²) in [6, 6.07) is 3.89. The summed E-state index contributed by atoms with van der Waals surface area (Å²) in [6.45, 7) is -0.797. The summed E-state index contributed by atoms with van der Waals surface area (Å²) in [5.74, 6) is -1.08. The van der Waals surface area contributed by atoms with E-state index in [0.717, 1.165) is 12.6 Å². The molecule has 174 valence electrons. The lowest BCUT2D eigenvalue weighted by molar-refractivity contribution is 0.0645. The molecule has 2 aromatic rings. The first-order valence-electron chi connectivity index (χ1n) is 9.93. The molecule has 3 rings (SSSR count). The Morgan fingerprint density at radius 3 is 2.45 bits per heavy atom. The highest BCUT2D eigenvalue weighted by atomic mass is 19.1. The number of alkyl halides is 2. The normalized spacial score (nSPS) is 13.8. The number of aromatic nitrogens is 2. The monoisotopic (exact) mass is 460 g/mol. The number of ether oxygens (including phenoxy) is 2. The number of hydrogen-bond acceptors (Lipinski definition) is 7. The van der Waals surface area contributed by atoms with E-state index in [1.54, 1.807) is 4.90 Å². The second-order valence-corrected chi connectivity index (χ2v) is 6.93. The Morgan fingerprint density at radius 2 is 1.88 bits per heavy atom. The molecular formula is C21H22F2N6O4. The van der Waals surface area contributed by atoms with Crippen LogP contribution in [-0.4, -0.2) is 65.1 Å². The highest BCUT2D eigenvalue weighted by Crippen LogP contribution is 2.28. The van der Waals surface area contributed by atoms with Gasteiger partial charge in [-0.15, -0.1) is 0 Å². The number of nitrogens with two attached hydrogens (primary N) is 2. The van der Waals surface area contributed by atoms with Crippen LogP contribution in [0.2, 0.25) is 0 Å². The molecule has 2 amide bonds. The van der Waals surface area contributed by atoms with Gasteiger partial charge in [-0.1, -0.05) is 0 Å². The van der Waals surface area contributed by atoms with Crippen molar-refractivity contribution in [1.82, 2.24) is 14.9 Å². The number of amides is 2. The first kappa shape index (κ1) is 23.6. The van der Waals surface area contributed by atoms with E-state index in [-0.39, 0.29) is 40.4 Å². The lowest BCUT2D eigenvalue weighted by Gasteiger charge is -2.30. The van der Waals surface area contributed by atoms with Gasteiger partial charge in [0.05, 0.1) is 12.4 Å². The summed E-state index contributed by atoms with van der Waals surface area (Å²) >= 11 is 0. The minimum Gasteiger partial charge on any atom is -0.485 e. The molecule has 4 N–H and O–H groups in total. The molecule has 1 aliphatic rings. The molecule has 33 heavy (non-hydrogen) atoms. The fourth-order valence-electron chi connectivity index (χ4n) is 2.72. The van der Waals surface area contributed by atoms with E-state index >= 15 is 0 Å². The van der Waals surface area contributed by atoms with Crippen LogP contribution < -0.4 is 20.9 Å². The zero-order valence-corrected chi connectivity index (χ0v) is 17.5. The van der Waals surface area contributed by atoms with E-state index in [4.69, 9.17) is 20.9 Å². The van der Waals surface area contributed by atoms with Crippen LogP contribution in [0.3, 0.4) is 0 Å². The summed E-state index contributed by atoms with van der Waals surface area (Å²) in [7, 11) is 0. The molecular weight excluding hydrogens is 438 g/mol. The topological polar surface area (TPSA) is 146 Å². The molecule has 0 radical (unpaired) electrons. The largest absolute Gasteiger partial charge is 0.485 e. The van der Waals surface area contributed by atoms with Gasteiger partial charge in [-0.25, -0.2) is 18.7 Å². The quantitative estimate of drug-likeness (QED) is 0.425. The van der Waals surface area contributed by atoms with E-state index in [0.29, 0.717) is 13.1 Å². The molecule has 0 bridgehead atoms. The molecule has 2 heterocycles. The first-order chi connectivity index (χ1) is 15.9. The average Bonchev–Trinajstić information content (AvgIpc) is 2.76. The lowest BCUT2D eigenvalue weighted by atomic mass is 10.2. The maximum atomic E-state index is 12.9. The fraction of sp³-hybridized carbons (Fsp3) is 0.286. The zero-order valence-electron chi connectivity index (χ0n) is 17.5. The number of nitrogens with zero attached hydrogens (tertiary/aromatic N) is 4. The third-order valence-electron chi connectivity index (χ3n) is 4.48. The molecule has 10 nitrogen and oxygen atoms in total. The standard InChI is InChI=1S/C21H22F2N6O4/c22-9-16(10-23)32-14-6-13(20(30)28-18(25)2-3-24)7-15(8-14)33-19-12-26-17(11-27-19)21(31)29-4-1-5-29/h2-3,6-8,11-12,16H,1,4-5,9-10,24H2,(H2,25,28,30)/b3-2-. The molecule has 1 fully saturated rings. The summed E-state index contributed by atoms with van der Waals surface area (Å²) in [5.41, 5.74) is 10.9. The number of aliphatic imine (C=N–C) groups is 1. The summed E-state index contributed by atoms with van der Waals surface area (Å²) < 4.78 is 36.7. The van der Waals surface area contributed by atoms with Crippen LogP contribution in [0.1, 0.15) is 27.3 Å². The molecule has 1 aromatic heterocycles. The lowest BCUT2D eigenvalue weighted by Crippen LogP contribution is -2.42. The minimum absolute atomic E-state index is 0.0207. The fourth-order valence-corrected chi connectivity index (χ4v) is 2.72. The van der Waals surface area contributed by atoms with Crippen molar-refractivity contribution in [2.45, 2.75) is 12.5 Å². The maximum absolute atomic E-state index is 12.9. The molecule has 0 aliphatic carbocycles. The summed E-state index contributed by atoms with van der Waals surface area (Å²) in [4.78, 5) is 38.1. The molecule has 0 unspecified atom stereocenters. The van der Waals surface area contributed by atoms with Crippen LogP contribution in [0, 0.1) is 0 Å². The summed E-state index contributed by atoms with van der Waals surface area (Å²) in [5, 5.41) is 0. The van der Waals surface area contributed by atoms with Gasteiger partial charge in [0.25, 0.3) is 11.8 Å². The SMILES string of the molecule is N/C=C\C(N)=NC(=O)c1cc(Oc2cnc(C(=O)N3CCC3)cn2)cc(OC(CF)CF)c1. The smallest absolute Gasteiger partial charge is 0.279 e. The van der Waals surface area contributed by atoms with E-state index in [2.05, 4.69) is 15.0 Å². The number of rotatable bonds is 9. The van der Waals surface area contributed by atoms with Crippen LogP contribution in [0.4, 0.5) is 8.78 Å². The molecule has 1 aromatic carbocycles. The van der Waals surface area contributed by atoms with E-state index in [9.17, 15) is 18.4 Å². The van der Waals surface area contributed by atoms with Crippen molar-refractivity contribution in [2.24, 2.45) is 16.5 Å². The number of carbonyl (C=O) groups excluding carboxylic acids is 2. The van der Waals surface area contributed by atoms with Gasteiger partial charge in [0.15, 0.2) is 6.10 Å². The predicted octanol–water partition coefficient (Wildman–Crippen LogP) is 1.77. The molecule has 0 saturated carbocycles. The Bertz CT molecular complexity index is 1050. The van der Waals surface area contributed by atoms with Gasteiger partial charge in [-0.3, -0.25) is 9.59 Å². The van der Waals surface area contributed by atoms with Crippen molar-refractivity contribution >= 4 is 17.6 Å². The number of amidine groups is 1. The Hall–Kier alpha value is -4.09. The number of likely N-dealkylation sites (tertiary alicyclic amines) is 1. The van der Waals surface area contributed by atoms with Crippen molar-refractivity contribution < 1.29 is 27.8 Å². The van der Waals surface area contributed by atoms with Crippen LogP contribution in [-0.2, 0) is 0 Å². The number of halogens is 2. The van der Waals surface area contributed by atoms with E-state index in [1.165, 1.54) is 36.7 Å². The molecule has 0 spiro atoms. The van der Waals surface area contributed by atoms with Gasteiger partial charge in [-0.05, 0) is 30.8 Å². The maximum Gasteiger partial charge on any atom is 0.279 e. The van der Waals surface area contributed by atoms with Crippen molar-refractivity contribution in [2.75, 3.05) is 26.4 Å². The second kappa shape index (κ2) is 11.0. The highest BCUT2D eigenvalue weighted by molar-refractivity contribution is 6.06.